The maximum atomic E-state index is 12.9. The SMILES string of the molecule is COc1cc2c(=O)[nH]c3c(C(=O)NCc4ccc(C)cc4)sc(=S)n3c2cc1OC. The van der Waals surface area contributed by atoms with E-state index in [1.807, 2.05) is 31.2 Å². The van der Waals surface area contributed by atoms with E-state index in [2.05, 4.69) is 10.3 Å². The molecular formula is C21H19N3O4S2. The molecule has 0 atom stereocenters. The number of ether oxygens (including phenoxy) is 2. The minimum absolute atomic E-state index is 0.301. The lowest BCUT2D eigenvalue weighted by Crippen LogP contribution is -2.23. The first kappa shape index (κ1) is 20.1. The van der Waals surface area contributed by atoms with Gasteiger partial charge in [0.25, 0.3) is 11.5 Å². The highest BCUT2D eigenvalue weighted by molar-refractivity contribution is 7.73. The predicted molar refractivity (Wildman–Crippen MR) is 120 cm³/mol. The summed E-state index contributed by atoms with van der Waals surface area (Å²) < 4.78 is 12.8. The minimum Gasteiger partial charge on any atom is -0.493 e. The highest BCUT2D eigenvalue weighted by Gasteiger charge is 2.19. The number of thiazole rings is 1. The highest BCUT2D eigenvalue weighted by atomic mass is 32.1. The van der Waals surface area contributed by atoms with E-state index in [0.717, 1.165) is 22.5 Å². The Hall–Kier alpha value is -3.17. The molecule has 154 valence electrons. The summed E-state index contributed by atoms with van der Waals surface area (Å²) >= 11 is 6.65. The molecule has 0 unspecified atom stereocenters. The molecular weight excluding hydrogens is 422 g/mol. The van der Waals surface area contributed by atoms with Gasteiger partial charge in [0.1, 0.15) is 10.5 Å². The van der Waals surface area contributed by atoms with Crippen molar-refractivity contribution in [2.75, 3.05) is 14.2 Å². The van der Waals surface area contributed by atoms with Gasteiger partial charge in [-0.05, 0) is 30.8 Å². The third-order valence-electron chi connectivity index (χ3n) is 4.81. The number of nitrogens with one attached hydrogen (secondary N) is 2. The van der Waals surface area contributed by atoms with Gasteiger partial charge in [-0.2, -0.15) is 0 Å². The third kappa shape index (κ3) is 3.46. The van der Waals surface area contributed by atoms with Gasteiger partial charge in [0, 0.05) is 12.6 Å². The van der Waals surface area contributed by atoms with E-state index in [-0.39, 0.29) is 11.5 Å². The predicted octanol–water partition coefficient (Wildman–Crippen LogP) is 3.83. The molecule has 9 heteroatoms. The largest absolute Gasteiger partial charge is 0.493 e. The second kappa shape index (κ2) is 7.92. The first-order valence-electron chi connectivity index (χ1n) is 9.10. The Morgan fingerprint density at radius 2 is 1.83 bits per heavy atom. The van der Waals surface area contributed by atoms with Crippen molar-refractivity contribution in [2.24, 2.45) is 0 Å². The van der Waals surface area contributed by atoms with E-state index < -0.39 is 0 Å². The normalized spacial score (nSPS) is 11.0. The van der Waals surface area contributed by atoms with Crippen LogP contribution in [0.25, 0.3) is 16.6 Å². The Balaban J connectivity index is 1.80. The van der Waals surface area contributed by atoms with Gasteiger partial charge in [0.2, 0.25) is 0 Å². The number of fused-ring (bicyclic) bond motifs is 3. The Labute approximate surface area is 180 Å². The van der Waals surface area contributed by atoms with E-state index in [4.69, 9.17) is 21.7 Å². The van der Waals surface area contributed by atoms with Crippen LogP contribution in [0, 0.1) is 10.9 Å². The van der Waals surface area contributed by atoms with Gasteiger partial charge in [-0.15, -0.1) is 0 Å². The van der Waals surface area contributed by atoms with Crippen molar-refractivity contribution in [2.45, 2.75) is 13.5 Å². The van der Waals surface area contributed by atoms with Gasteiger partial charge >= 0.3 is 0 Å². The lowest BCUT2D eigenvalue weighted by Gasteiger charge is -2.10. The van der Waals surface area contributed by atoms with Gasteiger partial charge in [-0.25, -0.2) is 0 Å². The number of rotatable bonds is 5. The fourth-order valence-corrected chi connectivity index (χ4v) is 4.54. The molecule has 0 aliphatic rings. The number of hydrogen-bond donors (Lipinski definition) is 2. The zero-order valence-electron chi connectivity index (χ0n) is 16.6. The van der Waals surface area contributed by atoms with Crippen LogP contribution in [0.1, 0.15) is 20.8 Å². The number of H-pyrrole nitrogens is 1. The number of carbonyl (C=O) groups excluding carboxylic acids is 1. The maximum absolute atomic E-state index is 12.9. The molecule has 2 aromatic carbocycles. The van der Waals surface area contributed by atoms with Crippen LogP contribution in [0.3, 0.4) is 0 Å². The first-order chi connectivity index (χ1) is 14.4. The fourth-order valence-electron chi connectivity index (χ4n) is 3.24. The molecule has 0 saturated heterocycles. The smallest absolute Gasteiger partial charge is 0.265 e. The summed E-state index contributed by atoms with van der Waals surface area (Å²) in [5, 5.41) is 3.28. The molecule has 0 spiro atoms. The van der Waals surface area contributed by atoms with Crippen molar-refractivity contribution in [1.82, 2.24) is 14.7 Å². The highest BCUT2D eigenvalue weighted by Crippen LogP contribution is 2.32. The Morgan fingerprint density at radius 3 is 2.50 bits per heavy atom. The number of nitrogens with zero attached hydrogens (tertiary/aromatic N) is 1. The number of hydrogen-bond acceptors (Lipinski definition) is 6. The number of carbonyl (C=O) groups is 1. The molecule has 1 amide bonds. The molecule has 7 nitrogen and oxygen atoms in total. The Kier molecular flexibility index (Phi) is 5.31. The average molecular weight is 442 g/mol. The number of methoxy groups -OCH3 is 2. The molecule has 2 aromatic heterocycles. The number of aryl methyl sites for hydroxylation is 1. The quantitative estimate of drug-likeness (QED) is 0.460. The lowest BCUT2D eigenvalue weighted by atomic mass is 10.1. The van der Waals surface area contributed by atoms with Gasteiger partial charge in [0.05, 0.1) is 25.1 Å². The zero-order chi connectivity index (χ0) is 21.4. The molecule has 2 heterocycles. The average Bonchev–Trinajstić information content (AvgIpc) is 3.08. The van der Waals surface area contributed by atoms with Crippen LogP contribution in [0.5, 0.6) is 11.5 Å². The molecule has 30 heavy (non-hydrogen) atoms. The topological polar surface area (TPSA) is 84.8 Å². The standard InChI is InChI=1S/C21H19N3O4S2/c1-11-4-6-12(7-5-11)10-22-20(26)17-18-23-19(25)13-8-15(27-2)16(28-3)9-14(13)24(18)21(29)30-17/h4-9H,10H2,1-3H3,(H,22,26)(H,23,25). The zero-order valence-corrected chi connectivity index (χ0v) is 18.2. The van der Waals surface area contributed by atoms with E-state index in [1.54, 1.807) is 16.5 Å². The van der Waals surface area contributed by atoms with Crippen molar-refractivity contribution < 1.29 is 14.3 Å². The van der Waals surface area contributed by atoms with Crippen molar-refractivity contribution in [3.63, 3.8) is 0 Å². The van der Waals surface area contributed by atoms with Crippen LogP contribution in [0.15, 0.2) is 41.2 Å². The lowest BCUT2D eigenvalue weighted by molar-refractivity contribution is 0.0956. The van der Waals surface area contributed by atoms with Crippen molar-refractivity contribution in [1.29, 1.82) is 0 Å². The minimum atomic E-state index is -0.341. The number of benzene rings is 2. The van der Waals surface area contributed by atoms with E-state index in [0.29, 0.717) is 43.4 Å². The van der Waals surface area contributed by atoms with E-state index >= 15 is 0 Å². The molecule has 2 N–H and O–H groups in total. The van der Waals surface area contributed by atoms with Gasteiger partial charge < -0.3 is 19.8 Å². The van der Waals surface area contributed by atoms with Crippen molar-refractivity contribution in [3.05, 3.63) is 66.7 Å². The Morgan fingerprint density at radius 1 is 1.17 bits per heavy atom. The summed E-state index contributed by atoms with van der Waals surface area (Å²) in [5.41, 5.74) is 2.70. The molecule has 0 bridgehead atoms. The summed E-state index contributed by atoms with van der Waals surface area (Å²) in [4.78, 5) is 28.7. The van der Waals surface area contributed by atoms with Crippen LogP contribution in [0.2, 0.25) is 0 Å². The first-order valence-corrected chi connectivity index (χ1v) is 10.3. The van der Waals surface area contributed by atoms with Crippen LogP contribution < -0.4 is 20.3 Å². The number of amides is 1. The van der Waals surface area contributed by atoms with Crippen molar-refractivity contribution >= 4 is 46.0 Å². The van der Waals surface area contributed by atoms with Crippen LogP contribution in [0.4, 0.5) is 0 Å². The third-order valence-corrected chi connectivity index (χ3v) is 6.18. The Bertz CT molecular complexity index is 1380. The van der Waals surface area contributed by atoms with Gasteiger partial charge in [0.15, 0.2) is 15.5 Å². The second-order valence-electron chi connectivity index (χ2n) is 6.73. The van der Waals surface area contributed by atoms with Gasteiger partial charge in [-0.3, -0.25) is 14.0 Å². The summed E-state index contributed by atoms with van der Waals surface area (Å²) in [6, 6.07) is 11.2. The second-order valence-corrected chi connectivity index (χ2v) is 8.37. The van der Waals surface area contributed by atoms with Gasteiger partial charge in [-0.1, -0.05) is 41.2 Å². The van der Waals surface area contributed by atoms with Crippen LogP contribution in [-0.4, -0.2) is 29.5 Å². The summed E-state index contributed by atoms with van der Waals surface area (Å²) in [6.07, 6.45) is 0. The monoisotopic (exact) mass is 441 g/mol. The van der Waals surface area contributed by atoms with E-state index in [9.17, 15) is 9.59 Å². The summed E-state index contributed by atoms with van der Waals surface area (Å²) in [7, 11) is 3.02. The van der Waals surface area contributed by atoms with Crippen LogP contribution in [-0.2, 0) is 6.54 Å². The molecule has 4 rings (SSSR count). The number of aromatic amines is 1. The summed E-state index contributed by atoms with van der Waals surface area (Å²) in [6.45, 7) is 2.38. The molecule has 0 fully saturated rings. The molecule has 0 aliphatic carbocycles. The molecule has 0 aliphatic heterocycles. The summed E-state index contributed by atoms with van der Waals surface area (Å²) in [5.74, 6) is 0.604. The van der Waals surface area contributed by atoms with E-state index in [1.165, 1.54) is 14.2 Å². The fraction of sp³-hybridized carbons (Fsp3) is 0.190. The molecule has 0 saturated carbocycles. The number of aromatic nitrogens is 2. The van der Waals surface area contributed by atoms with Crippen molar-refractivity contribution in [3.8, 4) is 11.5 Å². The molecule has 4 aromatic rings. The van der Waals surface area contributed by atoms with Crippen LogP contribution >= 0.6 is 23.6 Å². The maximum Gasteiger partial charge on any atom is 0.265 e. The molecule has 0 radical (unpaired) electrons.